The Morgan fingerprint density at radius 3 is 1.50 bits per heavy atom. The molecule has 0 saturated heterocycles. The average molecular weight is 246 g/mol. The second-order valence-electron chi connectivity index (χ2n) is 6.22. The Morgan fingerprint density at radius 1 is 0.812 bits per heavy atom. The number of thiol groups is 1. The molecule has 0 radical (unpaired) electrons. The van der Waals surface area contributed by atoms with Crippen LogP contribution in [0.3, 0.4) is 0 Å². The summed E-state index contributed by atoms with van der Waals surface area (Å²) < 4.78 is 0. The molecule has 0 aromatic heterocycles. The molecule has 2 nitrogen and oxygen atoms in total. The largest absolute Gasteiger partial charge is 0.302 e. The summed E-state index contributed by atoms with van der Waals surface area (Å²) in [5, 5.41) is 0. The molecule has 0 N–H and O–H groups in total. The molecule has 0 fully saturated rings. The van der Waals surface area contributed by atoms with Gasteiger partial charge in [0.15, 0.2) is 0 Å². The van der Waals surface area contributed by atoms with Crippen molar-refractivity contribution in [2.24, 2.45) is 0 Å². The van der Waals surface area contributed by atoms with Crippen molar-refractivity contribution in [2.75, 3.05) is 27.2 Å². The van der Waals surface area contributed by atoms with Gasteiger partial charge in [0.2, 0.25) is 0 Å². The fourth-order valence-electron chi connectivity index (χ4n) is 1.31. The topological polar surface area (TPSA) is 6.48 Å². The maximum absolute atomic E-state index is 4.55. The van der Waals surface area contributed by atoms with Crippen molar-refractivity contribution in [3.05, 3.63) is 0 Å². The monoisotopic (exact) mass is 246 g/mol. The smallest absolute Gasteiger partial charge is 0.0580 e. The van der Waals surface area contributed by atoms with Crippen LogP contribution in [0.15, 0.2) is 0 Å². The Kier molecular flexibility index (Phi) is 6.38. The van der Waals surface area contributed by atoms with E-state index in [2.05, 4.69) is 71.1 Å². The molecule has 0 atom stereocenters. The van der Waals surface area contributed by atoms with Crippen LogP contribution >= 0.6 is 12.6 Å². The number of hydrogen-bond acceptors (Lipinski definition) is 3. The van der Waals surface area contributed by atoms with Crippen molar-refractivity contribution in [3.8, 4) is 0 Å². The van der Waals surface area contributed by atoms with Gasteiger partial charge in [-0.1, -0.05) is 0 Å². The molecule has 0 aromatic rings. The zero-order valence-corrected chi connectivity index (χ0v) is 13.1. The lowest BCUT2D eigenvalue weighted by Crippen LogP contribution is -2.39. The van der Waals surface area contributed by atoms with Gasteiger partial charge in [-0.05, 0) is 74.6 Å². The lowest BCUT2D eigenvalue weighted by atomic mass is 10.1. The van der Waals surface area contributed by atoms with Crippen LogP contribution in [-0.4, -0.2) is 47.4 Å². The van der Waals surface area contributed by atoms with Gasteiger partial charge in [0.05, 0.1) is 4.87 Å². The Morgan fingerprint density at radius 2 is 1.19 bits per heavy atom. The minimum absolute atomic E-state index is 0.00404. The van der Waals surface area contributed by atoms with E-state index in [9.17, 15) is 0 Å². The van der Waals surface area contributed by atoms with E-state index in [1.807, 2.05) is 0 Å². The molecule has 98 valence electrons. The third-order valence-electron chi connectivity index (χ3n) is 3.32. The van der Waals surface area contributed by atoms with Crippen LogP contribution < -0.4 is 0 Å². The standard InChI is InChI=1S/C13H30N2S/c1-12(2,3)14(6)10-8-9-11-15(7)13(4,5)16/h16H,8-11H2,1-7H3. The molecule has 0 spiro atoms. The highest BCUT2D eigenvalue weighted by atomic mass is 32.1. The van der Waals surface area contributed by atoms with Gasteiger partial charge >= 0.3 is 0 Å². The van der Waals surface area contributed by atoms with E-state index >= 15 is 0 Å². The SMILES string of the molecule is CN(CCCCN(C)C(C)(C)S)C(C)(C)C. The Hall–Kier alpha value is 0.270. The summed E-state index contributed by atoms with van der Waals surface area (Å²) in [6.45, 7) is 13.3. The molecule has 0 amide bonds. The maximum atomic E-state index is 4.55. The summed E-state index contributed by atoms with van der Waals surface area (Å²) in [5.74, 6) is 0. The first-order chi connectivity index (χ1) is 7.05. The second kappa shape index (κ2) is 6.27. The molecule has 0 aromatic carbocycles. The quantitative estimate of drug-likeness (QED) is 0.437. The molecule has 0 heterocycles. The van der Waals surface area contributed by atoms with Gasteiger partial charge in [0.25, 0.3) is 0 Å². The fourth-order valence-corrected chi connectivity index (χ4v) is 1.41. The van der Waals surface area contributed by atoms with Gasteiger partial charge in [0, 0.05) is 5.54 Å². The molecular weight excluding hydrogens is 216 g/mol. The third kappa shape index (κ3) is 6.77. The molecule has 0 saturated carbocycles. The zero-order valence-electron chi connectivity index (χ0n) is 12.2. The number of unbranched alkanes of at least 4 members (excludes halogenated alkanes) is 1. The number of nitrogens with zero attached hydrogens (tertiary/aromatic N) is 2. The van der Waals surface area contributed by atoms with Crippen LogP contribution in [0.1, 0.15) is 47.5 Å². The maximum Gasteiger partial charge on any atom is 0.0580 e. The van der Waals surface area contributed by atoms with E-state index < -0.39 is 0 Å². The summed E-state index contributed by atoms with van der Waals surface area (Å²) in [6, 6.07) is 0. The molecule has 0 aliphatic rings. The summed E-state index contributed by atoms with van der Waals surface area (Å²) >= 11 is 4.55. The first-order valence-corrected chi connectivity index (χ1v) is 6.64. The highest BCUT2D eigenvalue weighted by Gasteiger charge is 2.18. The summed E-state index contributed by atoms with van der Waals surface area (Å²) in [5.41, 5.74) is 0.286. The van der Waals surface area contributed by atoms with E-state index in [1.165, 1.54) is 19.4 Å². The van der Waals surface area contributed by atoms with Crippen LogP contribution in [0.5, 0.6) is 0 Å². The highest BCUT2D eigenvalue weighted by molar-refractivity contribution is 7.81. The Labute approximate surface area is 108 Å². The molecule has 0 aliphatic carbocycles. The molecule has 0 rings (SSSR count). The van der Waals surface area contributed by atoms with Crippen molar-refractivity contribution < 1.29 is 0 Å². The normalized spacial score (nSPS) is 13.9. The van der Waals surface area contributed by atoms with Gasteiger partial charge in [-0.2, -0.15) is 12.6 Å². The predicted octanol–water partition coefficient (Wildman–Crippen LogP) is 3.09. The molecule has 16 heavy (non-hydrogen) atoms. The van der Waals surface area contributed by atoms with Crippen LogP contribution in [0.25, 0.3) is 0 Å². The zero-order chi connectivity index (χ0) is 13.0. The Bertz CT molecular complexity index is 169. The molecule has 3 heteroatoms. The van der Waals surface area contributed by atoms with Crippen molar-refractivity contribution in [1.82, 2.24) is 9.80 Å². The molecule has 0 unspecified atom stereocenters. The molecular formula is C13H30N2S. The lowest BCUT2D eigenvalue weighted by Gasteiger charge is -2.33. The summed E-state index contributed by atoms with van der Waals surface area (Å²) in [6.07, 6.45) is 2.49. The van der Waals surface area contributed by atoms with Crippen LogP contribution in [0.2, 0.25) is 0 Å². The van der Waals surface area contributed by atoms with Gasteiger partial charge in [-0.15, -0.1) is 0 Å². The molecule has 0 aliphatic heterocycles. The Balaban J connectivity index is 3.70. The van der Waals surface area contributed by atoms with Crippen molar-refractivity contribution in [1.29, 1.82) is 0 Å². The molecule has 0 bridgehead atoms. The summed E-state index contributed by atoms with van der Waals surface area (Å²) in [4.78, 5) is 4.71. The third-order valence-corrected chi connectivity index (χ3v) is 3.66. The number of rotatable bonds is 6. The summed E-state index contributed by atoms with van der Waals surface area (Å²) in [7, 11) is 4.34. The van der Waals surface area contributed by atoms with Crippen molar-refractivity contribution in [2.45, 2.75) is 57.9 Å². The van der Waals surface area contributed by atoms with Crippen LogP contribution in [-0.2, 0) is 0 Å². The van der Waals surface area contributed by atoms with E-state index in [-0.39, 0.29) is 10.4 Å². The van der Waals surface area contributed by atoms with E-state index in [4.69, 9.17) is 0 Å². The first kappa shape index (κ1) is 16.3. The first-order valence-electron chi connectivity index (χ1n) is 6.20. The average Bonchev–Trinajstić information content (AvgIpc) is 2.08. The van der Waals surface area contributed by atoms with Crippen molar-refractivity contribution in [3.63, 3.8) is 0 Å². The predicted molar refractivity (Wildman–Crippen MR) is 77.3 cm³/mol. The van der Waals surface area contributed by atoms with Gasteiger partial charge in [-0.25, -0.2) is 0 Å². The van der Waals surface area contributed by atoms with Gasteiger partial charge < -0.3 is 4.90 Å². The van der Waals surface area contributed by atoms with Crippen LogP contribution in [0.4, 0.5) is 0 Å². The van der Waals surface area contributed by atoms with Gasteiger partial charge in [-0.3, -0.25) is 4.90 Å². The minimum Gasteiger partial charge on any atom is -0.302 e. The number of hydrogen-bond donors (Lipinski definition) is 1. The van der Waals surface area contributed by atoms with Crippen molar-refractivity contribution >= 4 is 12.6 Å². The fraction of sp³-hybridized carbons (Fsp3) is 1.00. The highest BCUT2D eigenvalue weighted by Crippen LogP contribution is 2.17. The van der Waals surface area contributed by atoms with E-state index in [0.29, 0.717) is 0 Å². The van der Waals surface area contributed by atoms with Gasteiger partial charge in [0.1, 0.15) is 0 Å². The van der Waals surface area contributed by atoms with E-state index in [1.54, 1.807) is 0 Å². The van der Waals surface area contributed by atoms with E-state index in [0.717, 1.165) is 6.54 Å². The van der Waals surface area contributed by atoms with Crippen LogP contribution in [0, 0.1) is 0 Å². The second-order valence-corrected chi connectivity index (χ2v) is 7.31. The minimum atomic E-state index is -0.00404. The lowest BCUT2D eigenvalue weighted by molar-refractivity contribution is 0.166.